The second kappa shape index (κ2) is 6.21. The van der Waals surface area contributed by atoms with Crippen LogP contribution in [0.15, 0.2) is 18.2 Å². The summed E-state index contributed by atoms with van der Waals surface area (Å²) in [4.78, 5) is 13.6. The zero-order chi connectivity index (χ0) is 13.7. The van der Waals surface area contributed by atoms with Crippen LogP contribution in [0.3, 0.4) is 0 Å². The minimum atomic E-state index is 0.0490. The summed E-state index contributed by atoms with van der Waals surface area (Å²) in [5, 5.41) is 11.8. The number of nitrogens with one attached hydrogen (secondary N) is 1. The Hall–Kier alpha value is -2.06. The van der Waals surface area contributed by atoms with Gasteiger partial charge in [0.1, 0.15) is 5.75 Å². The first-order chi connectivity index (χ1) is 9.22. The second-order valence-electron chi connectivity index (χ2n) is 4.55. The van der Waals surface area contributed by atoms with Gasteiger partial charge in [-0.3, -0.25) is 9.69 Å². The van der Waals surface area contributed by atoms with Crippen molar-refractivity contribution in [2.45, 2.75) is 13.0 Å². The molecule has 1 aromatic rings. The third kappa shape index (κ3) is 3.46. The molecule has 0 bridgehead atoms. The zero-order valence-electron chi connectivity index (χ0n) is 11.0. The van der Waals surface area contributed by atoms with Crippen molar-refractivity contribution >= 4 is 5.91 Å². The SMILES string of the molecule is COc1ccc(C#N)cc1CN1CCCNC(=O)C1. The third-order valence-electron chi connectivity index (χ3n) is 3.14. The molecule has 1 fully saturated rings. The van der Waals surface area contributed by atoms with Crippen LogP contribution in [0.25, 0.3) is 0 Å². The Morgan fingerprint density at radius 1 is 1.53 bits per heavy atom. The number of methoxy groups -OCH3 is 1. The fraction of sp³-hybridized carbons (Fsp3) is 0.429. The molecule has 0 aliphatic carbocycles. The second-order valence-corrected chi connectivity index (χ2v) is 4.55. The van der Waals surface area contributed by atoms with Gasteiger partial charge in [-0.1, -0.05) is 0 Å². The van der Waals surface area contributed by atoms with Crippen molar-refractivity contribution in [1.82, 2.24) is 10.2 Å². The molecule has 1 amide bonds. The molecule has 19 heavy (non-hydrogen) atoms. The van der Waals surface area contributed by atoms with E-state index in [2.05, 4.69) is 16.3 Å². The van der Waals surface area contributed by atoms with Gasteiger partial charge in [0.25, 0.3) is 0 Å². The lowest BCUT2D eigenvalue weighted by Gasteiger charge is -2.20. The summed E-state index contributed by atoms with van der Waals surface area (Å²) < 4.78 is 5.31. The van der Waals surface area contributed by atoms with Crippen LogP contribution < -0.4 is 10.1 Å². The number of nitrogens with zero attached hydrogens (tertiary/aromatic N) is 2. The van der Waals surface area contributed by atoms with E-state index in [0.29, 0.717) is 18.7 Å². The molecule has 1 heterocycles. The van der Waals surface area contributed by atoms with Crippen LogP contribution in [0.4, 0.5) is 0 Å². The highest BCUT2D eigenvalue weighted by Crippen LogP contribution is 2.21. The minimum Gasteiger partial charge on any atom is -0.496 e. The number of nitriles is 1. The van der Waals surface area contributed by atoms with E-state index in [4.69, 9.17) is 10.00 Å². The quantitative estimate of drug-likeness (QED) is 0.875. The first kappa shape index (κ1) is 13.4. The summed E-state index contributed by atoms with van der Waals surface area (Å²) in [6.07, 6.45) is 0.937. The molecule has 5 nitrogen and oxygen atoms in total. The van der Waals surface area contributed by atoms with Gasteiger partial charge in [-0.2, -0.15) is 5.26 Å². The van der Waals surface area contributed by atoms with Crippen molar-refractivity contribution in [1.29, 1.82) is 5.26 Å². The molecule has 0 aromatic heterocycles. The maximum Gasteiger partial charge on any atom is 0.234 e. The number of hydrogen-bond donors (Lipinski definition) is 1. The van der Waals surface area contributed by atoms with E-state index < -0.39 is 0 Å². The number of carbonyl (C=O) groups is 1. The molecule has 1 N–H and O–H groups in total. The van der Waals surface area contributed by atoms with Gasteiger partial charge in [-0.05, 0) is 24.6 Å². The molecule has 1 aliphatic heterocycles. The molecular formula is C14H17N3O2. The summed E-state index contributed by atoms with van der Waals surface area (Å²) >= 11 is 0. The van der Waals surface area contributed by atoms with Crippen LogP contribution in [-0.4, -0.2) is 37.6 Å². The highest BCUT2D eigenvalue weighted by atomic mass is 16.5. The van der Waals surface area contributed by atoms with Crippen molar-refractivity contribution in [3.8, 4) is 11.8 Å². The molecule has 2 rings (SSSR count). The van der Waals surface area contributed by atoms with Crippen LogP contribution in [0.1, 0.15) is 17.5 Å². The van der Waals surface area contributed by atoms with Gasteiger partial charge in [0, 0.05) is 25.2 Å². The van der Waals surface area contributed by atoms with Crippen LogP contribution in [-0.2, 0) is 11.3 Å². The Kier molecular flexibility index (Phi) is 4.37. The first-order valence-corrected chi connectivity index (χ1v) is 6.29. The molecule has 0 atom stereocenters. The molecule has 1 aliphatic rings. The maximum absolute atomic E-state index is 11.5. The minimum absolute atomic E-state index is 0.0490. The highest BCUT2D eigenvalue weighted by Gasteiger charge is 2.16. The predicted octanol–water partition coefficient (Wildman–Crippen LogP) is 0.889. The van der Waals surface area contributed by atoms with Gasteiger partial charge in [0.15, 0.2) is 0 Å². The average molecular weight is 259 g/mol. The summed E-state index contributed by atoms with van der Waals surface area (Å²) in [7, 11) is 1.61. The normalized spacial score (nSPS) is 16.3. The van der Waals surface area contributed by atoms with Crippen LogP contribution in [0, 0.1) is 11.3 Å². The van der Waals surface area contributed by atoms with Gasteiger partial charge in [-0.15, -0.1) is 0 Å². The molecule has 0 unspecified atom stereocenters. The molecule has 1 saturated heterocycles. The number of hydrogen-bond acceptors (Lipinski definition) is 4. The van der Waals surface area contributed by atoms with Gasteiger partial charge >= 0.3 is 0 Å². The number of carbonyl (C=O) groups excluding carboxylic acids is 1. The van der Waals surface area contributed by atoms with Crippen molar-refractivity contribution in [3.05, 3.63) is 29.3 Å². The summed E-state index contributed by atoms with van der Waals surface area (Å²) in [6, 6.07) is 7.48. The molecule has 1 aromatic carbocycles. The van der Waals surface area contributed by atoms with Crippen molar-refractivity contribution in [3.63, 3.8) is 0 Å². The molecule has 100 valence electrons. The van der Waals surface area contributed by atoms with Gasteiger partial charge in [0.05, 0.1) is 25.3 Å². The average Bonchev–Trinajstić information content (AvgIpc) is 2.63. The third-order valence-corrected chi connectivity index (χ3v) is 3.14. The topological polar surface area (TPSA) is 65.4 Å². The van der Waals surface area contributed by atoms with E-state index in [1.807, 2.05) is 6.07 Å². The largest absolute Gasteiger partial charge is 0.496 e. The molecule has 0 saturated carbocycles. The fourth-order valence-corrected chi connectivity index (χ4v) is 2.22. The van der Waals surface area contributed by atoms with E-state index in [1.165, 1.54) is 0 Å². The lowest BCUT2D eigenvalue weighted by Crippen LogP contribution is -2.32. The van der Waals surface area contributed by atoms with Crippen molar-refractivity contribution in [2.24, 2.45) is 0 Å². The van der Waals surface area contributed by atoms with E-state index in [9.17, 15) is 4.79 Å². The monoisotopic (exact) mass is 259 g/mol. The van der Waals surface area contributed by atoms with Gasteiger partial charge < -0.3 is 10.1 Å². The van der Waals surface area contributed by atoms with Crippen LogP contribution in [0.2, 0.25) is 0 Å². The van der Waals surface area contributed by atoms with Crippen LogP contribution in [0.5, 0.6) is 5.75 Å². The predicted molar refractivity (Wildman–Crippen MR) is 70.6 cm³/mol. The Labute approximate surface area is 112 Å². The van der Waals surface area contributed by atoms with E-state index in [-0.39, 0.29) is 5.91 Å². The molecular weight excluding hydrogens is 242 g/mol. The Morgan fingerprint density at radius 3 is 3.11 bits per heavy atom. The van der Waals surface area contributed by atoms with E-state index >= 15 is 0 Å². The Balaban J connectivity index is 2.16. The van der Waals surface area contributed by atoms with E-state index in [0.717, 1.165) is 30.8 Å². The van der Waals surface area contributed by atoms with Crippen molar-refractivity contribution in [2.75, 3.05) is 26.7 Å². The van der Waals surface area contributed by atoms with Gasteiger partial charge in [-0.25, -0.2) is 0 Å². The number of rotatable bonds is 3. The summed E-state index contributed by atoms with van der Waals surface area (Å²) in [5.41, 5.74) is 1.55. The molecule has 0 radical (unpaired) electrons. The fourth-order valence-electron chi connectivity index (χ4n) is 2.22. The molecule has 5 heteroatoms. The summed E-state index contributed by atoms with van der Waals surface area (Å²) in [5.74, 6) is 0.802. The lowest BCUT2D eigenvalue weighted by atomic mass is 10.1. The zero-order valence-corrected chi connectivity index (χ0v) is 11.0. The number of amides is 1. The first-order valence-electron chi connectivity index (χ1n) is 6.29. The number of benzene rings is 1. The van der Waals surface area contributed by atoms with Crippen molar-refractivity contribution < 1.29 is 9.53 Å². The molecule has 0 spiro atoms. The van der Waals surface area contributed by atoms with Crippen LogP contribution >= 0.6 is 0 Å². The standard InChI is InChI=1S/C14H17N3O2/c1-19-13-4-3-11(8-15)7-12(13)9-17-6-2-5-16-14(18)10-17/h3-4,7H,2,5-6,9-10H2,1H3,(H,16,18). The smallest absolute Gasteiger partial charge is 0.234 e. The van der Waals surface area contributed by atoms with Gasteiger partial charge in [0.2, 0.25) is 5.91 Å². The lowest BCUT2D eigenvalue weighted by molar-refractivity contribution is -0.121. The highest BCUT2D eigenvalue weighted by molar-refractivity contribution is 5.78. The maximum atomic E-state index is 11.5. The summed E-state index contributed by atoms with van der Waals surface area (Å²) in [6.45, 7) is 2.59. The Morgan fingerprint density at radius 2 is 2.37 bits per heavy atom. The van der Waals surface area contributed by atoms with E-state index in [1.54, 1.807) is 19.2 Å². The Bertz CT molecular complexity index is 508. The number of ether oxygens (including phenoxy) is 1.